The van der Waals surface area contributed by atoms with Crippen LogP contribution in [0.2, 0.25) is 10.0 Å². The van der Waals surface area contributed by atoms with Crippen molar-refractivity contribution in [3.63, 3.8) is 0 Å². The Balaban J connectivity index is 2.16. The fraction of sp³-hybridized carbons (Fsp3) is 0.429. The Morgan fingerprint density at radius 1 is 1.29 bits per heavy atom. The molecule has 0 bridgehead atoms. The number of ether oxygens (including phenoxy) is 1. The van der Waals surface area contributed by atoms with Crippen molar-refractivity contribution in [3.8, 4) is 5.75 Å². The Morgan fingerprint density at radius 2 is 1.90 bits per heavy atom. The van der Waals surface area contributed by atoms with Crippen LogP contribution in [0.25, 0.3) is 0 Å². The lowest BCUT2D eigenvalue weighted by molar-refractivity contribution is -0.142. The van der Waals surface area contributed by atoms with Gasteiger partial charge in [-0.15, -0.1) is 0 Å². The van der Waals surface area contributed by atoms with E-state index in [0.29, 0.717) is 18.6 Å². The van der Waals surface area contributed by atoms with Gasteiger partial charge in [-0.1, -0.05) is 29.6 Å². The zero-order chi connectivity index (χ0) is 15.6. The number of carbonyl (C=O) groups excluding carboxylic acids is 1. The van der Waals surface area contributed by atoms with Crippen LogP contribution in [0.3, 0.4) is 0 Å². The third kappa shape index (κ3) is 3.41. The maximum absolute atomic E-state index is 12.2. The van der Waals surface area contributed by atoms with E-state index in [0.717, 1.165) is 6.42 Å². The first-order valence-corrected chi connectivity index (χ1v) is 7.26. The molecule has 0 aromatic heterocycles. The molecule has 0 radical (unpaired) electrons. The summed E-state index contributed by atoms with van der Waals surface area (Å²) in [5.74, 6) is -1.51. The number of hydrogen-bond acceptors (Lipinski definition) is 3. The molecule has 0 saturated heterocycles. The zero-order valence-electron chi connectivity index (χ0n) is 11.4. The maximum atomic E-state index is 12.2. The summed E-state index contributed by atoms with van der Waals surface area (Å²) in [6.45, 7) is 0. The maximum Gasteiger partial charge on any atom is 0.308 e. The molecule has 1 aliphatic rings. The quantitative estimate of drug-likeness (QED) is 0.889. The van der Waals surface area contributed by atoms with Gasteiger partial charge >= 0.3 is 5.97 Å². The Bertz CT molecular complexity index is 553. The lowest BCUT2D eigenvalue weighted by Crippen LogP contribution is -2.40. The molecule has 5 nitrogen and oxygen atoms in total. The summed E-state index contributed by atoms with van der Waals surface area (Å²) in [6, 6.07) is 2.54. The second kappa shape index (κ2) is 6.54. The number of methoxy groups -OCH3 is 1. The second-order valence-electron chi connectivity index (χ2n) is 4.93. The summed E-state index contributed by atoms with van der Waals surface area (Å²) >= 11 is 12.0. The molecule has 1 fully saturated rings. The molecule has 114 valence electrons. The Kier molecular flexibility index (Phi) is 4.96. The molecule has 0 aliphatic heterocycles. The number of carbonyl (C=O) groups is 2. The highest BCUT2D eigenvalue weighted by Crippen LogP contribution is 2.34. The number of aliphatic carboxylic acids is 1. The van der Waals surface area contributed by atoms with E-state index in [-0.39, 0.29) is 27.6 Å². The highest BCUT2D eigenvalue weighted by atomic mass is 35.5. The normalized spacial score (nSPS) is 21.1. The summed E-state index contributed by atoms with van der Waals surface area (Å²) in [5.41, 5.74) is 0.279. The van der Waals surface area contributed by atoms with Gasteiger partial charge in [0.1, 0.15) is 0 Å². The van der Waals surface area contributed by atoms with E-state index >= 15 is 0 Å². The average Bonchev–Trinajstić information content (AvgIpc) is 2.86. The van der Waals surface area contributed by atoms with Crippen molar-refractivity contribution < 1.29 is 19.4 Å². The van der Waals surface area contributed by atoms with Gasteiger partial charge in [0.25, 0.3) is 5.91 Å². The second-order valence-corrected chi connectivity index (χ2v) is 5.74. The minimum Gasteiger partial charge on any atom is -0.494 e. The van der Waals surface area contributed by atoms with Gasteiger partial charge in [-0.2, -0.15) is 0 Å². The standard InChI is InChI=1S/C14H15Cl2NO4/c1-21-12-9(15)5-7(6-10(12)16)13(18)17-11-4-2-3-8(11)14(19)20/h5-6,8,11H,2-4H2,1H3,(H,17,18)(H,19,20). The van der Waals surface area contributed by atoms with Crippen molar-refractivity contribution in [2.24, 2.45) is 5.92 Å². The van der Waals surface area contributed by atoms with Crippen molar-refractivity contribution in [3.05, 3.63) is 27.7 Å². The van der Waals surface area contributed by atoms with E-state index < -0.39 is 11.9 Å². The molecule has 2 rings (SSSR count). The fourth-order valence-electron chi connectivity index (χ4n) is 2.57. The lowest BCUT2D eigenvalue weighted by Gasteiger charge is -2.18. The third-order valence-electron chi connectivity index (χ3n) is 3.61. The van der Waals surface area contributed by atoms with Gasteiger partial charge in [0.15, 0.2) is 5.75 Å². The topological polar surface area (TPSA) is 75.6 Å². The lowest BCUT2D eigenvalue weighted by atomic mass is 10.0. The summed E-state index contributed by atoms with van der Waals surface area (Å²) in [4.78, 5) is 23.3. The van der Waals surface area contributed by atoms with Gasteiger partial charge < -0.3 is 15.2 Å². The number of benzene rings is 1. The number of nitrogens with one attached hydrogen (secondary N) is 1. The summed E-state index contributed by atoms with van der Waals surface area (Å²) in [5, 5.41) is 12.3. The van der Waals surface area contributed by atoms with Crippen LogP contribution >= 0.6 is 23.2 Å². The minimum atomic E-state index is -0.886. The molecule has 21 heavy (non-hydrogen) atoms. The molecular weight excluding hydrogens is 317 g/mol. The number of amides is 1. The summed E-state index contributed by atoms with van der Waals surface area (Å²) in [6.07, 6.45) is 2.01. The molecular formula is C14H15Cl2NO4. The van der Waals surface area contributed by atoms with Gasteiger partial charge in [-0.25, -0.2) is 0 Å². The van der Waals surface area contributed by atoms with Gasteiger partial charge in [-0.3, -0.25) is 9.59 Å². The van der Waals surface area contributed by atoms with E-state index in [1.165, 1.54) is 19.2 Å². The predicted molar refractivity (Wildman–Crippen MR) is 79.2 cm³/mol. The van der Waals surface area contributed by atoms with Crippen molar-refractivity contribution >= 4 is 35.1 Å². The summed E-state index contributed by atoms with van der Waals surface area (Å²) in [7, 11) is 1.43. The van der Waals surface area contributed by atoms with Crippen molar-refractivity contribution in [1.29, 1.82) is 0 Å². The van der Waals surface area contributed by atoms with E-state index in [1.807, 2.05) is 0 Å². The first kappa shape index (κ1) is 15.9. The highest BCUT2D eigenvalue weighted by molar-refractivity contribution is 6.37. The molecule has 1 aromatic rings. The molecule has 0 spiro atoms. The number of carboxylic acid groups (broad SMARTS) is 1. The Hall–Kier alpha value is -1.46. The number of carboxylic acids is 1. The number of rotatable bonds is 4. The van der Waals surface area contributed by atoms with Crippen LogP contribution in [0.4, 0.5) is 0 Å². The molecule has 2 N–H and O–H groups in total. The molecule has 7 heteroatoms. The summed E-state index contributed by atoms with van der Waals surface area (Å²) < 4.78 is 5.02. The third-order valence-corrected chi connectivity index (χ3v) is 4.18. The Morgan fingerprint density at radius 3 is 2.43 bits per heavy atom. The molecule has 1 aromatic carbocycles. The first-order chi connectivity index (χ1) is 9.93. The highest BCUT2D eigenvalue weighted by Gasteiger charge is 2.34. The van der Waals surface area contributed by atoms with Crippen molar-refractivity contribution in [2.75, 3.05) is 7.11 Å². The fourth-order valence-corrected chi connectivity index (χ4v) is 3.21. The number of hydrogen-bond donors (Lipinski definition) is 2. The largest absolute Gasteiger partial charge is 0.494 e. The van der Waals surface area contributed by atoms with Crippen LogP contribution in [-0.2, 0) is 4.79 Å². The van der Waals surface area contributed by atoms with Gasteiger partial charge in [0, 0.05) is 11.6 Å². The van der Waals surface area contributed by atoms with Gasteiger partial charge in [-0.05, 0) is 25.0 Å². The minimum absolute atomic E-state index is 0.233. The molecule has 2 unspecified atom stereocenters. The number of halogens is 2. The van der Waals surface area contributed by atoms with Crippen LogP contribution < -0.4 is 10.1 Å². The van der Waals surface area contributed by atoms with E-state index in [9.17, 15) is 9.59 Å². The zero-order valence-corrected chi connectivity index (χ0v) is 12.9. The molecule has 1 amide bonds. The van der Waals surface area contributed by atoms with Crippen molar-refractivity contribution in [2.45, 2.75) is 25.3 Å². The monoisotopic (exact) mass is 331 g/mol. The first-order valence-electron chi connectivity index (χ1n) is 6.50. The van der Waals surface area contributed by atoms with E-state index in [1.54, 1.807) is 0 Å². The van der Waals surface area contributed by atoms with Gasteiger partial charge in [0.05, 0.1) is 23.1 Å². The van der Waals surface area contributed by atoms with Crippen LogP contribution in [0.15, 0.2) is 12.1 Å². The predicted octanol–water partition coefficient (Wildman–Crippen LogP) is 2.99. The van der Waals surface area contributed by atoms with Crippen LogP contribution in [0, 0.1) is 5.92 Å². The molecule has 1 aliphatic carbocycles. The van der Waals surface area contributed by atoms with E-state index in [2.05, 4.69) is 5.32 Å². The smallest absolute Gasteiger partial charge is 0.308 e. The van der Waals surface area contributed by atoms with Crippen LogP contribution in [-0.4, -0.2) is 30.1 Å². The SMILES string of the molecule is COc1c(Cl)cc(C(=O)NC2CCCC2C(=O)O)cc1Cl. The molecule has 2 atom stereocenters. The van der Waals surface area contributed by atoms with Crippen LogP contribution in [0.5, 0.6) is 5.75 Å². The Labute approximate surface area is 132 Å². The molecule has 1 saturated carbocycles. The van der Waals surface area contributed by atoms with Crippen LogP contribution in [0.1, 0.15) is 29.6 Å². The van der Waals surface area contributed by atoms with Crippen molar-refractivity contribution in [1.82, 2.24) is 5.32 Å². The average molecular weight is 332 g/mol. The van der Waals surface area contributed by atoms with E-state index in [4.69, 9.17) is 33.0 Å². The van der Waals surface area contributed by atoms with Gasteiger partial charge in [0.2, 0.25) is 0 Å². The molecule has 0 heterocycles.